The van der Waals surface area contributed by atoms with Gasteiger partial charge >= 0.3 is 0 Å². The minimum atomic E-state index is -3.72. The molecular formula is C20H16N6O3S3. The number of nitrogens with one attached hydrogen (secondary N) is 1. The van der Waals surface area contributed by atoms with Gasteiger partial charge in [-0.3, -0.25) is 4.79 Å². The lowest BCUT2D eigenvalue weighted by Crippen LogP contribution is -2.30. The third-order valence-corrected chi connectivity index (χ3v) is 6.61. The first-order chi connectivity index (χ1) is 15.2. The van der Waals surface area contributed by atoms with Crippen molar-refractivity contribution in [2.75, 3.05) is 11.2 Å². The summed E-state index contributed by atoms with van der Waals surface area (Å²) in [5, 5.41) is 9.63. The van der Waals surface area contributed by atoms with Gasteiger partial charge in [0.05, 0.1) is 36.2 Å². The lowest BCUT2D eigenvalue weighted by atomic mass is 10.1. The molecule has 0 saturated heterocycles. The molecule has 0 bridgehead atoms. The first-order valence-electron chi connectivity index (χ1n) is 9.22. The molecule has 2 aromatic carbocycles. The number of carbonyl (C=O) groups is 1. The Kier molecular flexibility index (Phi) is 5.88. The number of rotatable bonds is 6. The molecule has 1 N–H and O–H groups in total. The second-order valence-electron chi connectivity index (χ2n) is 6.90. The number of aryl methyl sites for hydroxylation is 1. The van der Waals surface area contributed by atoms with Crippen LogP contribution in [0.25, 0.3) is 11.0 Å². The van der Waals surface area contributed by atoms with Gasteiger partial charge < -0.3 is 4.90 Å². The van der Waals surface area contributed by atoms with Crippen LogP contribution < -0.4 is 9.62 Å². The summed E-state index contributed by atoms with van der Waals surface area (Å²) in [7, 11) is -3.72. The highest BCUT2D eigenvalue weighted by Gasteiger charge is 2.23. The summed E-state index contributed by atoms with van der Waals surface area (Å²) in [5.74, 6) is -0.780. The molecule has 0 spiro atoms. The number of hydrogen-bond donors (Lipinski definition) is 1. The maximum atomic E-state index is 12.4. The minimum Gasteiger partial charge on any atom is -0.313 e. The van der Waals surface area contributed by atoms with Crippen molar-refractivity contribution in [2.24, 2.45) is 0 Å². The number of carbonyl (C=O) groups excluding carboxylic acids is 1. The zero-order valence-electron chi connectivity index (χ0n) is 16.9. The standard InChI is InChI=1S/C20H16N6O3S3/c1-12-17(19(27)25-32(2,28)29)22-20(30-12)26(15-8-6-13(10-21)7-9-15)11-14-4-3-5-16-18(14)24-31-23-16/h3-9H,11H2,1-2H3,(H,25,27). The van der Waals surface area contributed by atoms with Crippen molar-refractivity contribution < 1.29 is 13.2 Å². The van der Waals surface area contributed by atoms with E-state index in [2.05, 4.69) is 19.8 Å². The van der Waals surface area contributed by atoms with Crippen molar-refractivity contribution in [3.63, 3.8) is 0 Å². The molecule has 0 aliphatic heterocycles. The molecule has 12 heteroatoms. The molecule has 0 saturated carbocycles. The zero-order chi connectivity index (χ0) is 22.9. The fraction of sp³-hybridized carbons (Fsp3) is 0.150. The molecule has 9 nitrogen and oxygen atoms in total. The molecule has 32 heavy (non-hydrogen) atoms. The number of fused-ring (bicyclic) bond motifs is 1. The van der Waals surface area contributed by atoms with Gasteiger partial charge in [-0.2, -0.15) is 14.0 Å². The average molecular weight is 485 g/mol. The summed E-state index contributed by atoms with van der Waals surface area (Å²) >= 11 is 2.40. The Morgan fingerprint density at radius 3 is 2.62 bits per heavy atom. The van der Waals surface area contributed by atoms with Crippen LogP contribution >= 0.6 is 23.1 Å². The summed E-state index contributed by atoms with van der Waals surface area (Å²) < 4.78 is 33.6. The van der Waals surface area contributed by atoms with Crippen LogP contribution in [0.1, 0.15) is 26.5 Å². The number of thiazole rings is 1. The van der Waals surface area contributed by atoms with Gasteiger partial charge in [0.15, 0.2) is 5.13 Å². The Labute approximate surface area is 192 Å². The number of hydrogen-bond acceptors (Lipinski definition) is 10. The van der Waals surface area contributed by atoms with Crippen molar-refractivity contribution in [2.45, 2.75) is 13.5 Å². The highest BCUT2D eigenvalue weighted by Crippen LogP contribution is 2.34. The molecule has 0 atom stereocenters. The van der Waals surface area contributed by atoms with Crippen LogP contribution in [0.4, 0.5) is 10.8 Å². The normalized spacial score (nSPS) is 11.3. The first kappa shape index (κ1) is 21.8. The number of benzene rings is 2. The predicted molar refractivity (Wildman–Crippen MR) is 124 cm³/mol. The molecule has 0 unspecified atom stereocenters. The van der Waals surface area contributed by atoms with Crippen LogP contribution in [-0.4, -0.2) is 34.3 Å². The minimum absolute atomic E-state index is 0.0441. The van der Waals surface area contributed by atoms with Gasteiger partial charge in [-0.25, -0.2) is 18.1 Å². The second kappa shape index (κ2) is 8.62. The molecule has 0 fully saturated rings. The van der Waals surface area contributed by atoms with Gasteiger partial charge in [-0.15, -0.1) is 11.3 Å². The summed E-state index contributed by atoms with van der Waals surface area (Å²) in [6, 6.07) is 14.8. The largest absolute Gasteiger partial charge is 0.313 e. The maximum absolute atomic E-state index is 12.4. The number of nitrogens with zero attached hydrogens (tertiary/aromatic N) is 5. The Morgan fingerprint density at radius 1 is 1.19 bits per heavy atom. The summed E-state index contributed by atoms with van der Waals surface area (Å²) in [5.41, 5.74) is 3.80. The Balaban J connectivity index is 1.77. The number of aromatic nitrogens is 3. The third kappa shape index (κ3) is 4.59. The van der Waals surface area contributed by atoms with Crippen molar-refractivity contribution in [1.29, 1.82) is 5.26 Å². The molecule has 0 radical (unpaired) electrons. The second-order valence-corrected chi connectivity index (χ2v) is 10.4. The molecular weight excluding hydrogens is 468 g/mol. The Morgan fingerprint density at radius 2 is 1.94 bits per heavy atom. The van der Waals surface area contributed by atoms with E-state index in [1.54, 1.807) is 31.2 Å². The van der Waals surface area contributed by atoms with Crippen molar-refractivity contribution >= 4 is 60.8 Å². The fourth-order valence-electron chi connectivity index (χ4n) is 3.07. The van der Waals surface area contributed by atoms with Gasteiger partial charge in [-0.05, 0) is 37.3 Å². The molecule has 0 aliphatic rings. The number of anilines is 2. The van der Waals surface area contributed by atoms with E-state index in [4.69, 9.17) is 5.26 Å². The van der Waals surface area contributed by atoms with Crippen LogP contribution in [0.15, 0.2) is 42.5 Å². The molecule has 0 aliphatic carbocycles. The maximum Gasteiger partial charge on any atom is 0.284 e. The van der Waals surface area contributed by atoms with E-state index in [-0.39, 0.29) is 5.69 Å². The van der Waals surface area contributed by atoms with Crippen LogP contribution in [0.2, 0.25) is 0 Å². The van der Waals surface area contributed by atoms with Crippen LogP contribution in [0, 0.1) is 18.3 Å². The highest BCUT2D eigenvalue weighted by molar-refractivity contribution is 7.89. The fourth-order valence-corrected chi connectivity index (χ4v) is 5.00. The van der Waals surface area contributed by atoms with E-state index < -0.39 is 15.9 Å². The van der Waals surface area contributed by atoms with Gasteiger partial charge in [0.2, 0.25) is 10.0 Å². The average Bonchev–Trinajstić information content (AvgIpc) is 3.38. The van der Waals surface area contributed by atoms with E-state index in [1.807, 2.05) is 27.8 Å². The van der Waals surface area contributed by atoms with Gasteiger partial charge in [0.25, 0.3) is 5.91 Å². The smallest absolute Gasteiger partial charge is 0.284 e. The summed E-state index contributed by atoms with van der Waals surface area (Å²) in [4.78, 5) is 19.3. The zero-order valence-corrected chi connectivity index (χ0v) is 19.4. The van der Waals surface area contributed by atoms with E-state index in [1.165, 1.54) is 11.3 Å². The molecule has 2 heterocycles. The molecule has 4 rings (SSSR count). The topological polar surface area (TPSA) is 129 Å². The van der Waals surface area contributed by atoms with E-state index in [0.29, 0.717) is 22.1 Å². The summed E-state index contributed by atoms with van der Waals surface area (Å²) in [6.45, 7) is 2.09. The Bertz CT molecular complexity index is 1450. The van der Waals surface area contributed by atoms with Crippen molar-refractivity contribution in [3.05, 3.63) is 64.2 Å². The highest BCUT2D eigenvalue weighted by atomic mass is 32.2. The van der Waals surface area contributed by atoms with Crippen molar-refractivity contribution in [1.82, 2.24) is 18.5 Å². The van der Waals surface area contributed by atoms with Crippen LogP contribution in [0.3, 0.4) is 0 Å². The van der Waals surface area contributed by atoms with Gasteiger partial charge in [0, 0.05) is 16.1 Å². The lowest BCUT2D eigenvalue weighted by molar-refractivity contribution is 0.0977. The molecule has 162 valence electrons. The molecule has 1 amide bonds. The number of sulfonamides is 1. The van der Waals surface area contributed by atoms with Crippen LogP contribution in [-0.2, 0) is 16.6 Å². The van der Waals surface area contributed by atoms with E-state index in [0.717, 1.165) is 40.3 Å². The van der Waals surface area contributed by atoms with E-state index >= 15 is 0 Å². The number of amides is 1. The molecule has 4 aromatic rings. The lowest BCUT2D eigenvalue weighted by Gasteiger charge is -2.22. The van der Waals surface area contributed by atoms with E-state index in [9.17, 15) is 13.2 Å². The quantitative estimate of drug-likeness (QED) is 0.441. The number of nitriles is 1. The SMILES string of the molecule is Cc1sc(N(Cc2cccc3nsnc23)c2ccc(C#N)cc2)nc1C(=O)NS(C)(=O)=O. The van der Waals surface area contributed by atoms with Crippen LogP contribution in [0.5, 0.6) is 0 Å². The Hall–Kier alpha value is -3.40. The van der Waals surface area contributed by atoms with Gasteiger partial charge in [0.1, 0.15) is 16.7 Å². The molecule has 2 aromatic heterocycles. The monoisotopic (exact) mass is 484 g/mol. The van der Waals surface area contributed by atoms with Crippen molar-refractivity contribution in [3.8, 4) is 6.07 Å². The first-order valence-corrected chi connectivity index (χ1v) is 12.7. The van der Waals surface area contributed by atoms with Gasteiger partial charge in [-0.1, -0.05) is 12.1 Å². The predicted octanol–water partition coefficient (Wildman–Crippen LogP) is 3.36. The summed E-state index contributed by atoms with van der Waals surface area (Å²) in [6.07, 6.45) is 0.916. The third-order valence-electron chi connectivity index (χ3n) is 4.52.